The molecule has 0 aromatic heterocycles. The third-order valence-corrected chi connectivity index (χ3v) is 3.53. The molecule has 0 aliphatic carbocycles. The Morgan fingerprint density at radius 1 is 1.21 bits per heavy atom. The van der Waals surface area contributed by atoms with Crippen LogP contribution in [0.1, 0.15) is 6.42 Å². The molecule has 2 saturated heterocycles. The summed E-state index contributed by atoms with van der Waals surface area (Å²) < 4.78 is 38.9. The molecule has 2 aliphatic heterocycles. The summed E-state index contributed by atoms with van der Waals surface area (Å²) in [4.78, 5) is 36.5. The number of nitrogens with zero attached hydrogens (tertiary/aromatic N) is 2. The molecule has 0 spiro atoms. The van der Waals surface area contributed by atoms with E-state index in [1.165, 1.54) is 7.05 Å². The van der Waals surface area contributed by atoms with Crippen LogP contribution in [0.5, 0.6) is 0 Å². The minimum Gasteiger partial charge on any atom is -0.335 e. The van der Waals surface area contributed by atoms with Gasteiger partial charge in [-0.15, -0.1) is 0 Å². The van der Waals surface area contributed by atoms with Crippen LogP contribution < -0.4 is 5.32 Å². The van der Waals surface area contributed by atoms with Gasteiger partial charge < -0.3 is 10.2 Å². The molecule has 2 aliphatic rings. The van der Waals surface area contributed by atoms with E-state index in [9.17, 15) is 27.6 Å². The number of piperidine rings is 1. The number of nitrogens with one attached hydrogen (secondary N) is 1. The van der Waals surface area contributed by atoms with Crippen LogP contribution in [0, 0.1) is 11.8 Å². The molecule has 0 saturated carbocycles. The predicted molar refractivity (Wildman–Crippen MR) is 55.5 cm³/mol. The van der Waals surface area contributed by atoms with Crippen LogP contribution in [-0.4, -0.2) is 54.1 Å². The van der Waals surface area contributed by atoms with Crippen molar-refractivity contribution in [2.75, 3.05) is 14.1 Å². The Kier molecular flexibility index (Phi) is 2.94. The average molecular weight is 279 g/mol. The van der Waals surface area contributed by atoms with Crippen molar-refractivity contribution in [1.29, 1.82) is 0 Å². The molecule has 2 fully saturated rings. The summed E-state index contributed by atoms with van der Waals surface area (Å²) in [5, 5.41) is 2.27. The van der Waals surface area contributed by atoms with E-state index in [0.717, 1.165) is 11.9 Å². The van der Waals surface area contributed by atoms with E-state index in [0.29, 0.717) is 4.90 Å². The maximum absolute atomic E-state index is 13.0. The number of carbonyl (C=O) groups excluding carboxylic acids is 3. The number of rotatable bonds is 0. The third kappa shape index (κ3) is 2.02. The molecule has 2 rings (SSSR count). The summed E-state index contributed by atoms with van der Waals surface area (Å²) in [5.41, 5.74) is 0. The summed E-state index contributed by atoms with van der Waals surface area (Å²) in [5.74, 6) is -5.31. The van der Waals surface area contributed by atoms with Crippen molar-refractivity contribution in [3.05, 3.63) is 0 Å². The fourth-order valence-corrected chi connectivity index (χ4v) is 2.50. The number of halogens is 3. The summed E-state index contributed by atoms with van der Waals surface area (Å²) in [6.45, 7) is 0. The van der Waals surface area contributed by atoms with Crippen LogP contribution in [0.4, 0.5) is 18.0 Å². The quantitative estimate of drug-likeness (QED) is 0.686. The van der Waals surface area contributed by atoms with Crippen molar-refractivity contribution < 1.29 is 27.6 Å². The van der Waals surface area contributed by atoms with Crippen LogP contribution in [0.2, 0.25) is 0 Å². The van der Waals surface area contributed by atoms with Crippen LogP contribution in [0.25, 0.3) is 0 Å². The minimum atomic E-state index is -4.67. The molecule has 3 unspecified atom stereocenters. The van der Waals surface area contributed by atoms with Gasteiger partial charge in [-0.3, -0.25) is 14.5 Å². The number of alkyl halides is 3. The van der Waals surface area contributed by atoms with Gasteiger partial charge in [0.25, 0.3) is 0 Å². The molecule has 19 heavy (non-hydrogen) atoms. The van der Waals surface area contributed by atoms with Gasteiger partial charge in [-0.05, 0) is 0 Å². The highest BCUT2D eigenvalue weighted by Crippen LogP contribution is 2.41. The summed E-state index contributed by atoms with van der Waals surface area (Å²) in [6, 6.07) is -0.741. The molecular formula is C10H12F3N3O3. The largest absolute Gasteiger partial charge is 0.393 e. The Morgan fingerprint density at radius 2 is 1.79 bits per heavy atom. The highest BCUT2D eigenvalue weighted by atomic mass is 19.4. The Hall–Kier alpha value is -1.80. The van der Waals surface area contributed by atoms with Gasteiger partial charge in [-0.1, -0.05) is 0 Å². The van der Waals surface area contributed by atoms with Crippen molar-refractivity contribution in [2.45, 2.75) is 18.8 Å². The summed E-state index contributed by atoms with van der Waals surface area (Å²) in [6.07, 6.45) is -6.71. The Balaban J connectivity index is 2.43. The van der Waals surface area contributed by atoms with Crippen molar-refractivity contribution in [1.82, 2.24) is 15.1 Å². The predicted octanol–water partition coefficient (Wildman–Crippen LogP) is 0.151. The van der Waals surface area contributed by atoms with E-state index in [1.54, 1.807) is 0 Å². The van der Waals surface area contributed by atoms with E-state index in [4.69, 9.17) is 0 Å². The molecule has 9 heteroatoms. The van der Waals surface area contributed by atoms with Crippen LogP contribution in [-0.2, 0) is 9.59 Å². The second kappa shape index (κ2) is 4.10. The number of hydrogen-bond acceptors (Lipinski definition) is 3. The lowest BCUT2D eigenvalue weighted by Gasteiger charge is -2.47. The summed E-state index contributed by atoms with van der Waals surface area (Å²) >= 11 is 0. The van der Waals surface area contributed by atoms with Crippen molar-refractivity contribution in [3.8, 4) is 0 Å². The molecule has 1 N–H and O–H groups in total. The number of urea groups is 1. The molecule has 0 aromatic carbocycles. The first kappa shape index (κ1) is 13.6. The Labute approximate surface area is 106 Å². The zero-order valence-corrected chi connectivity index (χ0v) is 10.2. The lowest BCUT2D eigenvalue weighted by atomic mass is 9.80. The Bertz CT molecular complexity index is 451. The molecular weight excluding hydrogens is 267 g/mol. The summed E-state index contributed by atoms with van der Waals surface area (Å²) in [7, 11) is 2.38. The number of hydrogen-bond donors (Lipinski definition) is 1. The number of fused-ring (bicyclic) bond motifs is 1. The first-order valence-corrected chi connectivity index (χ1v) is 5.55. The van der Waals surface area contributed by atoms with Gasteiger partial charge >= 0.3 is 12.2 Å². The van der Waals surface area contributed by atoms with Gasteiger partial charge in [0, 0.05) is 20.5 Å². The van der Waals surface area contributed by atoms with Gasteiger partial charge in [0.05, 0.1) is 11.8 Å². The van der Waals surface area contributed by atoms with Gasteiger partial charge in [0.2, 0.25) is 11.8 Å². The maximum Gasteiger partial charge on any atom is 0.393 e. The van der Waals surface area contributed by atoms with Gasteiger partial charge in [0.15, 0.2) is 0 Å². The first-order chi connectivity index (χ1) is 8.64. The molecule has 0 aromatic rings. The van der Waals surface area contributed by atoms with E-state index in [-0.39, 0.29) is 0 Å². The van der Waals surface area contributed by atoms with E-state index < -0.39 is 48.4 Å². The first-order valence-electron chi connectivity index (χ1n) is 5.55. The molecule has 0 radical (unpaired) electrons. The average Bonchev–Trinajstić information content (AvgIpc) is 2.31. The second-order valence-corrected chi connectivity index (χ2v) is 4.68. The SMILES string of the molecule is CN1C(=O)C2C(NC(=O)CC2C(F)(F)F)N(C)C1=O. The topological polar surface area (TPSA) is 69.7 Å². The fraction of sp³-hybridized carbons (Fsp3) is 0.700. The zero-order chi connectivity index (χ0) is 14.5. The standard InChI is InChI=1S/C10H12F3N3O3/c1-15-7-6(8(18)16(2)9(15)19)4(10(11,12)13)3-5(17)14-7/h4,6-7H,3H2,1-2H3,(H,14,17). The Morgan fingerprint density at radius 3 is 2.32 bits per heavy atom. The molecule has 0 bridgehead atoms. The molecule has 2 heterocycles. The van der Waals surface area contributed by atoms with E-state index in [1.807, 2.05) is 0 Å². The smallest absolute Gasteiger partial charge is 0.335 e. The fourth-order valence-electron chi connectivity index (χ4n) is 2.50. The number of carbonyl (C=O) groups is 3. The highest BCUT2D eigenvalue weighted by Gasteiger charge is 2.58. The lowest BCUT2D eigenvalue weighted by Crippen LogP contribution is -2.69. The number of imide groups is 1. The monoisotopic (exact) mass is 279 g/mol. The third-order valence-electron chi connectivity index (χ3n) is 3.53. The van der Waals surface area contributed by atoms with Gasteiger partial charge in [-0.25, -0.2) is 4.79 Å². The van der Waals surface area contributed by atoms with Crippen molar-refractivity contribution in [3.63, 3.8) is 0 Å². The maximum atomic E-state index is 13.0. The normalized spacial score (nSPS) is 32.3. The highest BCUT2D eigenvalue weighted by molar-refractivity contribution is 5.99. The number of amides is 4. The van der Waals surface area contributed by atoms with Gasteiger partial charge in [0.1, 0.15) is 6.17 Å². The van der Waals surface area contributed by atoms with Crippen LogP contribution in [0.15, 0.2) is 0 Å². The lowest BCUT2D eigenvalue weighted by molar-refractivity contribution is -0.210. The molecule has 106 valence electrons. The second-order valence-electron chi connectivity index (χ2n) is 4.68. The van der Waals surface area contributed by atoms with Crippen LogP contribution >= 0.6 is 0 Å². The molecule has 6 nitrogen and oxygen atoms in total. The van der Waals surface area contributed by atoms with Crippen molar-refractivity contribution in [2.24, 2.45) is 11.8 Å². The minimum absolute atomic E-state index is 0.650. The van der Waals surface area contributed by atoms with E-state index >= 15 is 0 Å². The van der Waals surface area contributed by atoms with E-state index in [2.05, 4.69) is 5.32 Å². The molecule has 4 amide bonds. The molecule has 3 atom stereocenters. The zero-order valence-electron chi connectivity index (χ0n) is 10.2. The van der Waals surface area contributed by atoms with Crippen LogP contribution in [0.3, 0.4) is 0 Å². The van der Waals surface area contributed by atoms with Gasteiger partial charge in [-0.2, -0.15) is 13.2 Å². The van der Waals surface area contributed by atoms with Crippen molar-refractivity contribution >= 4 is 17.8 Å².